The summed E-state index contributed by atoms with van der Waals surface area (Å²) in [4.78, 5) is 12.6. The molecule has 3 aromatic rings. The predicted octanol–water partition coefficient (Wildman–Crippen LogP) is 4.46. The summed E-state index contributed by atoms with van der Waals surface area (Å²) in [6.45, 7) is 0. The van der Waals surface area contributed by atoms with Crippen molar-refractivity contribution >= 4 is 27.5 Å². The van der Waals surface area contributed by atoms with E-state index in [0.717, 1.165) is 40.0 Å². The van der Waals surface area contributed by atoms with Crippen molar-refractivity contribution in [1.82, 2.24) is 0 Å². The SMILES string of the molecule is COC(=O)C(O)(C1=CCCC1)c1cccc2cc3ccccc3cc12. The molecule has 1 atom stereocenters. The molecule has 0 aromatic heterocycles. The maximum Gasteiger partial charge on any atom is 0.347 e. The van der Waals surface area contributed by atoms with Crippen LogP contribution >= 0.6 is 0 Å². The molecular weight excluding hydrogens is 312 g/mol. The minimum absolute atomic E-state index is 0.593. The zero-order valence-electron chi connectivity index (χ0n) is 14.2. The van der Waals surface area contributed by atoms with E-state index < -0.39 is 11.6 Å². The van der Waals surface area contributed by atoms with Gasteiger partial charge < -0.3 is 9.84 Å². The smallest absolute Gasteiger partial charge is 0.347 e. The van der Waals surface area contributed by atoms with E-state index in [2.05, 4.69) is 12.1 Å². The first kappa shape index (κ1) is 15.9. The standard InChI is InChI=1S/C22H20O3/c1-25-21(23)22(24,18-10-4-5-11-18)20-12-6-9-17-13-15-7-2-3-8-16(15)14-19(17)20/h2-3,6-10,12-14,24H,4-5,11H2,1H3. The molecule has 1 aliphatic rings. The van der Waals surface area contributed by atoms with Crippen molar-refractivity contribution in [3.8, 4) is 0 Å². The summed E-state index contributed by atoms with van der Waals surface area (Å²) in [7, 11) is 1.32. The Morgan fingerprint density at radius 3 is 2.44 bits per heavy atom. The van der Waals surface area contributed by atoms with Crippen molar-refractivity contribution in [2.75, 3.05) is 7.11 Å². The highest BCUT2D eigenvalue weighted by atomic mass is 16.5. The maximum atomic E-state index is 12.6. The molecule has 4 rings (SSSR count). The summed E-state index contributed by atoms with van der Waals surface area (Å²) in [5.41, 5.74) is -0.400. The van der Waals surface area contributed by atoms with Gasteiger partial charge in [0, 0.05) is 5.56 Å². The molecule has 1 aliphatic carbocycles. The fraction of sp³-hybridized carbons (Fsp3) is 0.227. The van der Waals surface area contributed by atoms with Crippen LogP contribution in [0.2, 0.25) is 0 Å². The van der Waals surface area contributed by atoms with Crippen LogP contribution in [0.25, 0.3) is 21.5 Å². The lowest BCUT2D eigenvalue weighted by Crippen LogP contribution is -2.38. The molecule has 1 unspecified atom stereocenters. The minimum Gasteiger partial charge on any atom is -0.466 e. The number of benzene rings is 3. The predicted molar refractivity (Wildman–Crippen MR) is 99.3 cm³/mol. The van der Waals surface area contributed by atoms with Crippen LogP contribution in [0.15, 0.2) is 66.2 Å². The molecule has 126 valence electrons. The maximum absolute atomic E-state index is 12.6. The second-order valence-electron chi connectivity index (χ2n) is 6.55. The Morgan fingerprint density at radius 2 is 1.76 bits per heavy atom. The topological polar surface area (TPSA) is 46.5 Å². The lowest BCUT2D eigenvalue weighted by molar-refractivity contribution is -0.159. The molecule has 0 aliphatic heterocycles. The number of ether oxygens (including phenoxy) is 1. The Hall–Kier alpha value is -2.65. The number of rotatable bonds is 3. The van der Waals surface area contributed by atoms with E-state index >= 15 is 0 Å². The van der Waals surface area contributed by atoms with Crippen molar-refractivity contribution < 1.29 is 14.6 Å². The summed E-state index contributed by atoms with van der Waals surface area (Å²) < 4.78 is 4.99. The third-order valence-electron chi connectivity index (χ3n) is 5.12. The molecule has 0 spiro atoms. The van der Waals surface area contributed by atoms with Crippen LogP contribution in [-0.4, -0.2) is 18.2 Å². The number of aliphatic hydroxyl groups is 1. The summed E-state index contributed by atoms with van der Waals surface area (Å²) in [5.74, 6) is -0.624. The molecule has 0 radical (unpaired) electrons. The molecule has 0 saturated heterocycles. The molecule has 0 heterocycles. The number of esters is 1. The Kier molecular flexibility index (Phi) is 3.81. The zero-order valence-corrected chi connectivity index (χ0v) is 14.2. The number of fused-ring (bicyclic) bond motifs is 2. The molecule has 25 heavy (non-hydrogen) atoms. The van der Waals surface area contributed by atoms with Gasteiger partial charge in [0.15, 0.2) is 0 Å². The van der Waals surface area contributed by atoms with Crippen molar-refractivity contribution in [3.05, 3.63) is 71.8 Å². The van der Waals surface area contributed by atoms with Crippen LogP contribution < -0.4 is 0 Å². The lowest BCUT2D eigenvalue weighted by Gasteiger charge is -2.28. The van der Waals surface area contributed by atoms with Crippen LogP contribution in [-0.2, 0) is 15.1 Å². The van der Waals surface area contributed by atoms with Gasteiger partial charge in [-0.2, -0.15) is 0 Å². The third-order valence-corrected chi connectivity index (χ3v) is 5.12. The molecule has 0 amide bonds. The first-order valence-corrected chi connectivity index (χ1v) is 8.57. The average molecular weight is 332 g/mol. The highest BCUT2D eigenvalue weighted by Crippen LogP contribution is 2.41. The fourth-order valence-corrected chi connectivity index (χ4v) is 3.84. The number of methoxy groups -OCH3 is 1. The fourth-order valence-electron chi connectivity index (χ4n) is 3.84. The van der Waals surface area contributed by atoms with E-state index in [1.807, 2.05) is 48.5 Å². The van der Waals surface area contributed by atoms with Gasteiger partial charge in [-0.05, 0) is 58.5 Å². The summed E-state index contributed by atoms with van der Waals surface area (Å²) in [6.07, 6.45) is 4.50. The van der Waals surface area contributed by atoms with E-state index in [0.29, 0.717) is 12.0 Å². The molecule has 3 aromatic carbocycles. The highest BCUT2D eigenvalue weighted by Gasteiger charge is 2.44. The van der Waals surface area contributed by atoms with Gasteiger partial charge in [-0.3, -0.25) is 0 Å². The highest BCUT2D eigenvalue weighted by molar-refractivity contribution is 6.02. The quantitative estimate of drug-likeness (QED) is 0.437. The molecule has 3 nitrogen and oxygen atoms in total. The Morgan fingerprint density at radius 1 is 1.04 bits per heavy atom. The van der Waals surface area contributed by atoms with Gasteiger partial charge in [0.2, 0.25) is 5.60 Å². The molecule has 0 fully saturated rings. The zero-order chi connectivity index (χ0) is 17.4. The van der Waals surface area contributed by atoms with Crippen LogP contribution in [0.5, 0.6) is 0 Å². The van der Waals surface area contributed by atoms with E-state index in [4.69, 9.17) is 4.74 Å². The minimum atomic E-state index is -1.73. The van der Waals surface area contributed by atoms with Crippen LogP contribution in [0.3, 0.4) is 0 Å². The molecule has 0 bridgehead atoms. The van der Waals surface area contributed by atoms with Crippen molar-refractivity contribution in [3.63, 3.8) is 0 Å². The van der Waals surface area contributed by atoms with Gasteiger partial charge in [0.1, 0.15) is 0 Å². The van der Waals surface area contributed by atoms with Gasteiger partial charge >= 0.3 is 5.97 Å². The number of hydrogen-bond acceptors (Lipinski definition) is 3. The van der Waals surface area contributed by atoms with E-state index in [9.17, 15) is 9.90 Å². The average Bonchev–Trinajstić information content (AvgIpc) is 3.19. The van der Waals surface area contributed by atoms with Gasteiger partial charge in [-0.15, -0.1) is 0 Å². The second-order valence-corrected chi connectivity index (χ2v) is 6.55. The largest absolute Gasteiger partial charge is 0.466 e. The summed E-state index contributed by atoms with van der Waals surface area (Å²) in [5, 5.41) is 15.6. The lowest BCUT2D eigenvalue weighted by atomic mass is 9.82. The first-order valence-electron chi connectivity index (χ1n) is 8.57. The normalized spacial score (nSPS) is 16.6. The van der Waals surface area contributed by atoms with Crippen LogP contribution in [0.4, 0.5) is 0 Å². The van der Waals surface area contributed by atoms with Crippen molar-refractivity contribution in [1.29, 1.82) is 0 Å². The van der Waals surface area contributed by atoms with E-state index in [1.54, 1.807) is 0 Å². The molecule has 1 N–H and O–H groups in total. The number of allylic oxidation sites excluding steroid dienone is 1. The first-order chi connectivity index (χ1) is 12.1. The third kappa shape index (κ3) is 2.43. The van der Waals surface area contributed by atoms with Crippen LogP contribution in [0, 0.1) is 0 Å². The Bertz CT molecular complexity index is 1000. The second kappa shape index (κ2) is 6.01. The Labute approximate surface area is 146 Å². The molecule has 3 heteroatoms. The van der Waals surface area contributed by atoms with Gasteiger partial charge in [-0.25, -0.2) is 4.79 Å². The van der Waals surface area contributed by atoms with E-state index in [-0.39, 0.29) is 0 Å². The van der Waals surface area contributed by atoms with Gasteiger partial charge in [0.25, 0.3) is 0 Å². The van der Waals surface area contributed by atoms with Crippen molar-refractivity contribution in [2.45, 2.75) is 24.9 Å². The number of carbonyl (C=O) groups excluding carboxylic acids is 1. The summed E-state index contributed by atoms with van der Waals surface area (Å²) in [6, 6.07) is 18.0. The molecule has 0 saturated carbocycles. The Balaban J connectivity index is 2.03. The number of carbonyl (C=O) groups is 1. The molecular formula is C22H20O3. The van der Waals surface area contributed by atoms with Crippen LogP contribution in [0.1, 0.15) is 24.8 Å². The van der Waals surface area contributed by atoms with Gasteiger partial charge in [0.05, 0.1) is 7.11 Å². The van der Waals surface area contributed by atoms with E-state index in [1.165, 1.54) is 7.11 Å². The summed E-state index contributed by atoms with van der Waals surface area (Å²) >= 11 is 0. The van der Waals surface area contributed by atoms with Gasteiger partial charge in [-0.1, -0.05) is 48.5 Å². The van der Waals surface area contributed by atoms with Crippen molar-refractivity contribution in [2.24, 2.45) is 0 Å². The number of hydrogen-bond donors (Lipinski definition) is 1. The monoisotopic (exact) mass is 332 g/mol.